The summed E-state index contributed by atoms with van der Waals surface area (Å²) < 4.78 is 7.04. The van der Waals surface area contributed by atoms with Crippen LogP contribution in [0.4, 0.5) is 0 Å². The van der Waals surface area contributed by atoms with Crippen molar-refractivity contribution < 1.29 is 14.1 Å². The molecule has 31 heavy (non-hydrogen) atoms. The fourth-order valence-corrected chi connectivity index (χ4v) is 3.96. The van der Waals surface area contributed by atoms with Gasteiger partial charge in [0.25, 0.3) is 5.91 Å². The Morgan fingerprint density at radius 2 is 1.97 bits per heavy atom. The average molecular weight is 422 g/mol. The molecule has 1 aliphatic heterocycles. The molecule has 1 aromatic carbocycles. The fourth-order valence-electron chi connectivity index (χ4n) is 3.96. The summed E-state index contributed by atoms with van der Waals surface area (Å²) >= 11 is 0. The highest BCUT2D eigenvalue weighted by Crippen LogP contribution is 2.22. The van der Waals surface area contributed by atoms with Crippen LogP contribution in [0.1, 0.15) is 40.3 Å². The molecule has 1 unspecified atom stereocenters. The van der Waals surface area contributed by atoms with Crippen molar-refractivity contribution in [2.24, 2.45) is 0 Å². The number of piperazine rings is 1. The van der Waals surface area contributed by atoms with Crippen molar-refractivity contribution in [2.75, 3.05) is 13.1 Å². The van der Waals surface area contributed by atoms with Gasteiger partial charge in [-0.1, -0.05) is 35.5 Å². The minimum atomic E-state index is -0.714. The molecule has 0 N–H and O–H groups in total. The Hall–Kier alpha value is -3.49. The third kappa shape index (κ3) is 4.21. The first-order chi connectivity index (χ1) is 15.0. The summed E-state index contributed by atoms with van der Waals surface area (Å²) in [6.07, 6.45) is 1.76. The zero-order chi connectivity index (χ0) is 22.0. The number of nitrogens with zero attached hydrogens (tertiary/aromatic N) is 6. The molecule has 0 bridgehead atoms. The molecule has 0 saturated carbocycles. The molecule has 0 spiro atoms. The maximum absolute atomic E-state index is 13.5. The Bertz CT molecular complexity index is 1070. The van der Waals surface area contributed by atoms with Gasteiger partial charge in [0.1, 0.15) is 6.04 Å². The van der Waals surface area contributed by atoms with E-state index >= 15 is 0 Å². The maximum atomic E-state index is 13.5. The molecule has 4 rings (SSSR count). The van der Waals surface area contributed by atoms with E-state index in [1.807, 2.05) is 44.2 Å². The van der Waals surface area contributed by atoms with E-state index in [4.69, 9.17) is 4.52 Å². The van der Waals surface area contributed by atoms with E-state index in [0.717, 1.165) is 11.3 Å². The Balaban J connectivity index is 1.61. The molecule has 1 atom stereocenters. The van der Waals surface area contributed by atoms with Crippen LogP contribution in [0.15, 0.2) is 41.1 Å². The quantitative estimate of drug-likeness (QED) is 0.603. The summed E-state index contributed by atoms with van der Waals surface area (Å²) in [5.74, 6) is 0.513. The number of rotatable bonds is 6. The van der Waals surface area contributed by atoms with Gasteiger partial charge in [-0.15, -0.1) is 0 Å². The molecule has 3 aromatic rings. The molecule has 0 radical (unpaired) electrons. The molecule has 0 aliphatic carbocycles. The third-order valence-corrected chi connectivity index (χ3v) is 5.63. The van der Waals surface area contributed by atoms with Crippen molar-refractivity contribution in [1.82, 2.24) is 29.7 Å². The standard InChI is InChI=1S/C22H26N6O3/c1-4-28-15(2)18(13-23-28)21(29)27-11-10-26(14-17-8-6-5-7-9-17)22(30)19(27)12-20-24-16(3)25-31-20/h5-9,13,19H,4,10-12,14H2,1-3H3. The van der Waals surface area contributed by atoms with E-state index in [9.17, 15) is 9.59 Å². The van der Waals surface area contributed by atoms with Crippen molar-refractivity contribution in [3.8, 4) is 0 Å². The number of aromatic nitrogens is 4. The van der Waals surface area contributed by atoms with Crippen molar-refractivity contribution in [3.05, 3.63) is 65.1 Å². The highest BCUT2D eigenvalue weighted by Gasteiger charge is 2.39. The molecule has 1 aliphatic rings. The highest BCUT2D eigenvalue weighted by atomic mass is 16.5. The van der Waals surface area contributed by atoms with Gasteiger partial charge in [0, 0.05) is 31.9 Å². The lowest BCUT2D eigenvalue weighted by Crippen LogP contribution is -2.59. The number of carbonyl (C=O) groups is 2. The molecule has 3 heterocycles. The van der Waals surface area contributed by atoms with Gasteiger partial charge >= 0.3 is 0 Å². The molecular formula is C22H26N6O3. The minimum absolute atomic E-state index is 0.125. The predicted octanol–water partition coefficient (Wildman–Crippen LogP) is 2.00. The highest BCUT2D eigenvalue weighted by molar-refractivity contribution is 5.99. The summed E-state index contributed by atoms with van der Waals surface area (Å²) in [6, 6.07) is 9.11. The van der Waals surface area contributed by atoms with E-state index in [0.29, 0.717) is 43.5 Å². The van der Waals surface area contributed by atoms with Gasteiger partial charge in [-0.05, 0) is 26.3 Å². The van der Waals surface area contributed by atoms with Gasteiger partial charge < -0.3 is 14.3 Å². The second kappa shape index (κ2) is 8.71. The van der Waals surface area contributed by atoms with E-state index in [-0.39, 0.29) is 18.2 Å². The fraction of sp³-hybridized carbons (Fsp3) is 0.409. The molecule has 2 aromatic heterocycles. The second-order valence-corrected chi connectivity index (χ2v) is 7.66. The SMILES string of the molecule is CCn1ncc(C(=O)N2CCN(Cc3ccccc3)C(=O)C2Cc2nc(C)no2)c1C. The number of aryl methyl sites for hydroxylation is 2. The lowest BCUT2D eigenvalue weighted by atomic mass is 10.0. The smallest absolute Gasteiger partial charge is 0.258 e. The average Bonchev–Trinajstić information content (AvgIpc) is 3.36. The first-order valence-electron chi connectivity index (χ1n) is 10.4. The zero-order valence-electron chi connectivity index (χ0n) is 18.0. The summed E-state index contributed by atoms with van der Waals surface area (Å²) in [5, 5.41) is 8.11. The first-order valence-corrected chi connectivity index (χ1v) is 10.4. The summed E-state index contributed by atoms with van der Waals surface area (Å²) in [6.45, 7) is 7.62. The number of benzene rings is 1. The van der Waals surface area contributed by atoms with Crippen LogP contribution < -0.4 is 0 Å². The van der Waals surface area contributed by atoms with Crippen LogP contribution in [-0.2, 0) is 24.3 Å². The lowest BCUT2D eigenvalue weighted by molar-refractivity contribution is -0.141. The van der Waals surface area contributed by atoms with Crippen LogP contribution >= 0.6 is 0 Å². The van der Waals surface area contributed by atoms with E-state index < -0.39 is 6.04 Å². The lowest BCUT2D eigenvalue weighted by Gasteiger charge is -2.40. The Kier molecular flexibility index (Phi) is 5.83. The van der Waals surface area contributed by atoms with Crippen LogP contribution in [0.2, 0.25) is 0 Å². The first kappa shape index (κ1) is 20.8. The van der Waals surface area contributed by atoms with E-state index in [1.165, 1.54) is 0 Å². The van der Waals surface area contributed by atoms with Gasteiger partial charge in [-0.3, -0.25) is 14.3 Å². The van der Waals surface area contributed by atoms with Crippen molar-refractivity contribution in [3.63, 3.8) is 0 Å². The third-order valence-electron chi connectivity index (χ3n) is 5.63. The molecule has 9 heteroatoms. The number of carbonyl (C=O) groups excluding carboxylic acids is 2. The van der Waals surface area contributed by atoms with Crippen LogP contribution in [0.25, 0.3) is 0 Å². The minimum Gasteiger partial charge on any atom is -0.339 e. The second-order valence-electron chi connectivity index (χ2n) is 7.66. The predicted molar refractivity (Wildman–Crippen MR) is 112 cm³/mol. The van der Waals surface area contributed by atoms with E-state index in [1.54, 1.807) is 27.6 Å². The topological polar surface area (TPSA) is 97.4 Å². The Morgan fingerprint density at radius 3 is 2.61 bits per heavy atom. The van der Waals surface area contributed by atoms with Gasteiger partial charge in [-0.2, -0.15) is 10.1 Å². The number of amides is 2. The summed E-state index contributed by atoms with van der Waals surface area (Å²) in [5.41, 5.74) is 2.35. The molecule has 162 valence electrons. The largest absolute Gasteiger partial charge is 0.339 e. The number of hydrogen-bond donors (Lipinski definition) is 0. The molecule has 9 nitrogen and oxygen atoms in total. The molecule has 1 saturated heterocycles. The van der Waals surface area contributed by atoms with Crippen molar-refractivity contribution >= 4 is 11.8 Å². The summed E-state index contributed by atoms with van der Waals surface area (Å²) in [7, 11) is 0. The normalized spacial score (nSPS) is 16.7. The van der Waals surface area contributed by atoms with Crippen LogP contribution in [0.3, 0.4) is 0 Å². The maximum Gasteiger partial charge on any atom is 0.258 e. The Morgan fingerprint density at radius 1 is 1.19 bits per heavy atom. The van der Waals surface area contributed by atoms with Crippen molar-refractivity contribution in [1.29, 1.82) is 0 Å². The summed E-state index contributed by atoms with van der Waals surface area (Å²) in [4.78, 5) is 34.5. The van der Waals surface area contributed by atoms with Gasteiger partial charge in [0.05, 0.1) is 18.2 Å². The van der Waals surface area contributed by atoms with Crippen LogP contribution in [0.5, 0.6) is 0 Å². The van der Waals surface area contributed by atoms with Crippen LogP contribution in [-0.4, -0.2) is 60.7 Å². The zero-order valence-corrected chi connectivity index (χ0v) is 18.0. The van der Waals surface area contributed by atoms with Gasteiger partial charge in [-0.25, -0.2) is 0 Å². The molecule has 2 amide bonds. The molecular weight excluding hydrogens is 396 g/mol. The van der Waals surface area contributed by atoms with Crippen molar-refractivity contribution in [2.45, 2.75) is 46.3 Å². The monoisotopic (exact) mass is 422 g/mol. The van der Waals surface area contributed by atoms with Gasteiger partial charge in [0.2, 0.25) is 11.8 Å². The number of hydrogen-bond acceptors (Lipinski definition) is 6. The van der Waals surface area contributed by atoms with E-state index in [2.05, 4.69) is 15.2 Å². The Labute approximate surface area is 180 Å². The van der Waals surface area contributed by atoms with Gasteiger partial charge in [0.15, 0.2) is 5.82 Å². The molecule has 1 fully saturated rings. The van der Waals surface area contributed by atoms with Crippen LogP contribution in [0, 0.1) is 13.8 Å².